The summed E-state index contributed by atoms with van der Waals surface area (Å²) in [6, 6.07) is 0.826. The van der Waals surface area contributed by atoms with Crippen molar-refractivity contribution < 1.29 is 0 Å². The van der Waals surface area contributed by atoms with E-state index >= 15 is 0 Å². The third-order valence-corrected chi connectivity index (χ3v) is 3.70. The molecule has 2 nitrogen and oxygen atoms in total. The van der Waals surface area contributed by atoms with Crippen LogP contribution in [0.2, 0.25) is 0 Å². The van der Waals surface area contributed by atoms with Crippen LogP contribution in [0, 0.1) is 5.92 Å². The number of hydrogen-bond donors (Lipinski definition) is 1. The van der Waals surface area contributed by atoms with Crippen molar-refractivity contribution in [2.45, 2.75) is 45.1 Å². The molecule has 2 atom stereocenters. The van der Waals surface area contributed by atoms with E-state index in [-0.39, 0.29) is 0 Å². The van der Waals surface area contributed by atoms with Gasteiger partial charge in [0, 0.05) is 12.6 Å². The molecule has 82 valence electrons. The van der Waals surface area contributed by atoms with Gasteiger partial charge >= 0.3 is 0 Å². The molecule has 0 spiro atoms. The summed E-state index contributed by atoms with van der Waals surface area (Å²) < 4.78 is 0. The molecular weight excluding hydrogens is 172 g/mol. The molecule has 2 unspecified atom stereocenters. The zero-order valence-electron chi connectivity index (χ0n) is 9.47. The minimum Gasteiger partial charge on any atom is -0.314 e. The summed E-state index contributed by atoms with van der Waals surface area (Å²) in [4.78, 5) is 2.66. The standard InChI is InChI=1S/C12H24N2/c1-11-4-3-8-14(10-11)9-6-12-5-2-7-13-12/h11-13H,2-10H2,1H3. The highest BCUT2D eigenvalue weighted by Crippen LogP contribution is 2.17. The first-order chi connectivity index (χ1) is 6.84. The van der Waals surface area contributed by atoms with Gasteiger partial charge in [-0.05, 0) is 57.7 Å². The first-order valence-corrected chi connectivity index (χ1v) is 6.30. The van der Waals surface area contributed by atoms with E-state index < -0.39 is 0 Å². The normalized spacial score (nSPS) is 34.9. The van der Waals surface area contributed by atoms with Gasteiger partial charge in [-0.3, -0.25) is 0 Å². The second-order valence-corrected chi connectivity index (χ2v) is 5.13. The number of hydrogen-bond acceptors (Lipinski definition) is 2. The predicted octanol–water partition coefficient (Wildman–Crippen LogP) is 1.86. The molecule has 2 fully saturated rings. The van der Waals surface area contributed by atoms with E-state index in [2.05, 4.69) is 17.1 Å². The van der Waals surface area contributed by atoms with Gasteiger partial charge in [-0.25, -0.2) is 0 Å². The molecular formula is C12H24N2. The second kappa shape index (κ2) is 5.13. The second-order valence-electron chi connectivity index (χ2n) is 5.13. The Morgan fingerprint density at radius 3 is 2.93 bits per heavy atom. The first-order valence-electron chi connectivity index (χ1n) is 6.30. The maximum Gasteiger partial charge on any atom is 0.00797 e. The number of likely N-dealkylation sites (tertiary alicyclic amines) is 1. The zero-order chi connectivity index (χ0) is 9.80. The summed E-state index contributed by atoms with van der Waals surface area (Å²) in [5.41, 5.74) is 0. The van der Waals surface area contributed by atoms with Crippen molar-refractivity contribution in [1.82, 2.24) is 10.2 Å². The highest BCUT2D eigenvalue weighted by atomic mass is 15.1. The van der Waals surface area contributed by atoms with Crippen LogP contribution in [0.15, 0.2) is 0 Å². The zero-order valence-corrected chi connectivity index (χ0v) is 9.47. The Kier molecular flexibility index (Phi) is 3.82. The van der Waals surface area contributed by atoms with E-state index in [1.807, 2.05) is 0 Å². The van der Waals surface area contributed by atoms with Gasteiger partial charge in [0.05, 0.1) is 0 Å². The largest absolute Gasteiger partial charge is 0.314 e. The van der Waals surface area contributed by atoms with Crippen LogP contribution >= 0.6 is 0 Å². The number of rotatable bonds is 3. The van der Waals surface area contributed by atoms with Crippen molar-refractivity contribution in [2.75, 3.05) is 26.2 Å². The Morgan fingerprint density at radius 1 is 1.29 bits per heavy atom. The topological polar surface area (TPSA) is 15.3 Å². The molecule has 0 radical (unpaired) electrons. The van der Waals surface area contributed by atoms with Crippen LogP contribution in [0.3, 0.4) is 0 Å². The summed E-state index contributed by atoms with van der Waals surface area (Å²) in [6.07, 6.45) is 7.02. The molecule has 2 rings (SSSR count). The minimum absolute atomic E-state index is 0.826. The van der Waals surface area contributed by atoms with Crippen molar-refractivity contribution in [3.05, 3.63) is 0 Å². The van der Waals surface area contributed by atoms with Crippen molar-refractivity contribution >= 4 is 0 Å². The van der Waals surface area contributed by atoms with Crippen LogP contribution in [0.5, 0.6) is 0 Å². The van der Waals surface area contributed by atoms with Crippen molar-refractivity contribution in [2.24, 2.45) is 5.92 Å². The van der Waals surface area contributed by atoms with Crippen LogP contribution in [0.25, 0.3) is 0 Å². The highest BCUT2D eigenvalue weighted by molar-refractivity contribution is 4.77. The Labute approximate surface area is 88.1 Å². The molecule has 2 aliphatic rings. The molecule has 0 aromatic rings. The third-order valence-electron chi connectivity index (χ3n) is 3.70. The fraction of sp³-hybridized carbons (Fsp3) is 1.00. The Bertz CT molecular complexity index is 164. The van der Waals surface area contributed by atoms with E-state index in [4.69, 9.17) is 0 Å². The SMILES string of the molecule is CC1CCCN(CCC2CCCN2)C1. The van der Waals surface area contributed by atoms with Crippen LogP contribution in [-0.2, 0) is 0 Å². The third kappa shape index (κ3) is 2.96. The fourth-order valence-corrected chi connectivity index (χ4v) is 2.83. The van der Waals surface area contributed by atoms with E-state index in [9.17, 15) is 0 Å². The number of nitrogens with one attached hydrogen (secondary N) is 1. The van der Waals surface area contributed by atoms with Crippen molar-refractivity contribution in [3.8, 4) is 0 Å². The minimum atomic E-state index is 0.826. The molecule has 2 heterocycles. The van der Waals surface area contributed by atoms with Gasteiger partial charge in [0.1, 0.15) is 0 Å². The molecule has 0 aliphatic carbocycles. The van der Waals surface area contributed by atoms with Gasteiger partial charge in [0.2, 0.25) is 0 Å². The van der Waals surface area contributed by atoms with Crippen LogP contribution < -0.4 is 5.32 Å². The van der Waals surface area contributed by atoms with Gasteiger partial charge in [-0.2, -0.15) is 0 Å². The van der Waals surface area contributed by atoms with E-state index in [1.165, 1.54) is 58.3 Å². The van der Waals surface area contributed by atoms with E-state index in [0.717, 1.165) is 12.0 Å². The summed E-state index contributed by atoms with van der Waals surface area (Å²) in [5, 5.41) is 3.58. The van der Waals surface area contributed by atoms with Gasteiger partial charge in [-0.15, -0.1) is 0 Å². The lowest BCUT2D eigenvalue weighted by molar-refractivity contribution is 0.177. The van der Waals surface area contributed by atoms with Gasteiger partial charge in [0.15, 0.2) is 0 Å². The quantitative estimate of drug-likeness (QED) is 0.741. The molecule has 0 bridgehead atoms. The molecule has 14 heavy (non-hydrogen) atoms. The predicted molar refractivity (Wildman–Crippen MR) is 60.5 cm³/mol. The summed E-state index contributed by atoms with van der Waals surface area (Å²) in [7, 11) is 0. The Morgan fingerprint density at radius 2 is 2.21 bits per heavy atom. The molecule has 0 amide bonds. The average Bonchev–Trinajstić information content (AvgIpc) is 2.67. The maximum atomic E-state index is 3.58. The molecule has 2 heteroatoms. The molecule has 0 aromatic heterocycles. The summed E-state index contributed by atoms with van der Waals surface area (Å²) in [5.74, 6) is 0.931. The summed E-state index contributed by atoms with van der Waals surface area (Å²) in [6.45, 7) is 7.65. The highest BCUT2D eigenvalue weighted by Gasteiger charge is 2.18. The van der Waals surface area contributed by atoms with Gasteiger partial charge in [0.25, 0.3) is 0 Å². The Balaban J connectivity index is 1.64. The monoisotopic (exact) mass is 196 g/mol. The summed E-state index contributed by atoms with van der Waals surface area (Å²) >= 11 is 0. The molecule has 2 aliphatic heterocycles. The number of piperidine rings is 1. The molecule has 0 saturated carbocycles. The molecule has 1 N–H and O–H groups in total. The lowest BCUT2D eigenvalue weighted by atomic mass is 10.00. The maximum absolute atomic E-state index is 3.58. The molecule has 2 saturated heterocycles. The number of nitrogens with zero attached hydrogens (tertiary/aromatic N) is 1. The average molecular weight is 196 g/mol. The van der Waals surface area contributed by atoms with Crippen molar-refractivity contribution in [3.63, 3.8) is 0 Å². The van der Waals surface area contributed by atoms with Gasteiger partial charge in [-0.1, -0.05) is 6.92 Å². The van der Waals surface area contributed by atoms with Crippen molar-refractivity contribution in [1.29, 1.82) is 0 Å². The Hall–Kier alpha value is -0.0800. The lowest BCUT2D eigenvalue weighted by Gasteiger charge is -2.31. The van der Waals surface area contributed by atoms with Crippen LogP contribution in [0.4, 0.5) is 0 Å². The van der Waals surface area contributed by atoms with Gasteiger partial charge < -0.3 is 10.2 Å². The molecule has 0 aromatic carbocycles. The fourth-order valence-electron chi connectivity index (χ4n) is 2.83. The smallest absolute Gasteiger partial charge is 0.00797 e. The van der Waals surface area contributed by atoms with E-state index in [1.54, 1.807) is 0 Å². The van der Waals surface area contributed by atoms with Crippen LogP contribution in [-0.4, -0.2) is 37.1 Å². The lowest BCUT2D eigenvalue weighted by Crippen LogP contribution is -2.37. The van der Waals surface area contributed by atoms with Crippen LogP contribution in [0.1, 0.15) is 39.0 Å². The van der Waals surface area contributed by atoms with E-state index in [0.29, 0.717) is 0 Å². The first kappa shape index (κ1) is 10.4.